The summed E-state index contributed by atoms with van der Waals surface area (Å²) in [5.41, 5.74) is 1.10. The second-order valence-corrected chi connectivity index (χ2v) is 4.88. The fraction of sp³-hybridized carbons (Fsp3) is 0.214. The van der Waals surface area contributed by atoms with E-state index in [-0.39, 0.29) is 23.2 Å². The Kier molecular flexibility index (Phi) is 4.28. The van der Waals surface area contributed by atoms with E-state index in [2.05, 4.69) is 10.3 Å². The monoisotopic (exact) mass is 308 g/mol. The predicted octanol–water partition coefficient (Wildman–Crippen LogP) is 2.57. The first-order valence-electron chi connectivity index (χ1n) is 6.12. The number of carbonyl (C=O) groups is 2. The average Bonchev–Trinajstić information content (AvgIpc) is 2.76. The first kappa shape index (κ1) is 15.1. The van der Waals surface area contributed by atoms with Gasteiger partial charge in [-0.3, -0.25) is 4.79 Å². The largest absolute Gasteiger partial charge is 0.478 e. The summed E-state index contributed by atoms with van der Waals surface area (Å²) in [5.74, 6) is -0.733. The number of hydrogen-bond acceptors (Lipinski definition) is 4. The van der Waals surface area contributed by atoms with Crippen LogP contribution in [0.25, 0.3) is 0 Å². The van der Waals surface area contributed by atoms with Crippen LogP contribution in [0, 0.1) is 13.8 Å². The third-order valence-corrected chi connectivity index (χ3v) is 3.00. The van der Waals surface area contributed by atoms with Crippen molar-refractivity contribution in [1.82, 2.24) is 10.3 Å². The van der Waals surface area contributed by atoms with E-state index in [1.807, 2.05) is 0 Å². The number of aromatic carboxylic acids is 1. The van der Waals surface area contributed by atoms with Gasteiger partial charge in [0.1, 0.15) is 22.2 Å². The molecular formula is C14H13ClN2O4. The zero-order valence-electron chi connectivity index (χ0n) is 11.4. The highest BCUT2D eigenvalue weighted by atomic mass is 35.5. The minimum absolute atomic E-state index is 0.0852. The topological polar surface area (TPSA) is 92.4 Å². The molecule has 2 aromatic rings. The Morgan fingerprint density at radius 3 is 2.62 bits per heavy atom. The lowest BCUT2D eigenvalue weighted by Crippen LogP contribution is -2.22. The maximum Gasteiger partial charge on any atom is 0.339 e. The lowest BCUT2D eigenvalue weighted by atomic mass is 10.2. The highest BCUT2D eigenvalue weighted by Crippen LogP contribution is 2.15. The Bertz CT molecular complexity index is 689. The summed E-state index contributed by atoms with van der Waals surface area (Å²) in [7, 11) is 0. The highest BCUT2D eigenvalue weighted by molar-refractivity contribution is 6.29. The molecule has 0 saturated carbocycles. The second-order valence-electron chi connectivity index (χ2n) is 4.49. The summed E-state index contributed by atoms with van der Waals surface area (Å²) in [6.07, 6.45) is 0. The molecule has 7 heteroatoms. The van der Waals surface area contributed by atoms with Crippen LogP contribution in [0.5, 0.6) is 0 Å². The van der Waals surface area contributed by atoms with E-state index in [1.165, 1.54) is 12.1 Å². The minimum Gasteiger partial charge on any atom is -0.478 e. The SMILES string of the molecule is Cc1cc(C(=O)NCc2cc(C(=O)O)c(C)o2)cc(Cl)n1. The Morgan fingerprint density at radius 1 is 1.33 bits per heavy atom. The van der Waals surface area contributed by atoms with E-state index in [1.54, 1.807) is 19.9 Å². The van der Waals surface area contributed by atoms with Gasteiger partial charge >= 0.3 is 5.97 Å². The molecule has 1 amide bonds. The van der Waals surface area contributed by atoms with Gasteiger partial charge in [0.15, 0.2) is 0 Å². The van der Waals surface area contributed by atoms with Crippen LogP contribution in [0.2, 0.25) is 5.15 Å². The number of carboxylic acid groups (broad SMARTS) is 1. The summed E-state index contributed by atoms with van der Waals surface area (Å²) in [6, 6.07) is 4.46. The Labute approximate surface area is 125 Å². The zero-order chi connectivity index (χ0) is 15.6. The van der Waals surface area contributed by atoms with Gasteiger partial charge in [0.25, 0.3) is 5.91 Å². The van der Waals surface area contributed by atoms with Gasteiger partial charge in [0.2, 0.25) is 0 Å². The van der Waals surface area contributed by atoms with Crippen LogP contribution >= 0.6 is 11.6 Å². The maximum absolute atomic E-state index is 12.0. The van der Waals surface area contributed by atoms with Crippen LogP contribution in [0.1, 0.15) is 37.9 Å². The second kappa shape index (κ2) is 5.97. The molecule has 0 atom stereocenters. The number of hydrogen-bond donors (Lipinski definition) is 2. The van der Waals surface area contributed by atoms with Gasteiger partial charge in [-0.15, -0.1) is 0 Å². The number of amides is 1. The van der Waals surface area contributed by atoms with Gasteiger partial charge in [-0.1, -0.05) is 11.6 Å². The normalized spacial score (nSPS) is 10.4. The number of carbonyl (C=O) groups excluding carboxylic acids is 1. The number of halogens is 1. The number of pyridine rings is 1. The van der Waals surface area contributed by atoms with Gasteiger partial charge in [-0.25, -0.2) is 9.78 Å². The molecule has 0 aromatic carbocycles. The minimum atomic E-state index is -1.06. The van der Waals surface area contributed by atoms with Crippen molar-refractivity contribution in [2.24, 2.45) is 0 Å². The van der Waals surface area contributed by atoms with Crippen molar-refractivity contribution >= 4 is 23.5 Å². The smallest absolute Gasteiger partial charge is 0.339 e. The van der Waals surface area contributed by atoms with Crippen LogP contribution in [0.4, 0.5) is 0 Å². The molecule has 2 aromatic heterocycles. The molecule has 0 unspecified atom stereocenters. The molecule has 0 radical (unpaired) electrons. The lowest BCUT2D eigenvalue weighted by Gasteiger charge is -2.04. The van der Waals surface area contributed by atoms with Gasteiger partial charge in [-0.05, 0) is 32.0 Å². The third kappa shape index (κ3) is 3.61. The van der Waals surface area contributed by atoms with E-state index in [9.17, 15) is 9.59 Å². The number of nitrogens with one attached hydrogen (secondary N) is 1. The fourth-order valence-corrected chi connectivity index (χ4v) is 2.12. The molecule has 0 aliphatic heterocycles. The molecule has 0 saturated heterocycles. The van der Waals surface area contributed by atoms with Crippen LogP contribution in [0.15, 0.2) is 22.6 Å². The molecule has 21 heavy (non-hydrogen) atoms. The van der Waals surface area contributed by atoms with Gasteiger partial charge in [-0.2, -0.15) is 0 Å². The van der Waals surface area contributed by atoms with Crippen molar-refractivity contribution in [2.45, 2.75) is 20.4 Å². The zero-order valence-corrected chi connectivity index (χ0v) is 12.2. The summed E-state index contributed by atoms with van der Waals surface area (Å²) in [6.45, 7) is 3.38. The Balaban J connectivity index is 2.07. The van der Waals surface area contributed by atoms with E-state index >= 15 is 0 Å². The first-order chi connectivity index (χ1) is 9.86. The molecule has 2 rings (SSSR count). The fourth-order valence-electron chi connectivity index (χ4n) is 1.87. The number of rotatable bonds is 4. The maximum atomic E-state index is 12.0. The van der Waals surface area contributed by atoms with Crippen molar-refractivity contribution in [3.63, 3.8) is 0 Å². The van der Waals surface area contributed by atoms with Crippen molar-refractivity contribution in [1.29, 1.82) is 0 Å². The standard InChI is InChI=1S/C14H13ClN2O4/c1-7-3-9(4-12(15)17-7)13(18)16-6-10-5-11(14(19)20)8(2)21-10/h3-5H,6H2,1-2H3,(H,16,18)(H,19,20). The quantitative estimate of drug-likeness (QED) is 0.847. The third-order valence-electron chi connectivity index (χ3n) is 2.81. The summed E-state index contributed by atoms with van der Waals surface area (Å²) < 4.78 is 5.28. The van der Waals surface area contributed by atoms with Crippen LogP contribution in [-0.2, 0) is 6.54 Å². The molecule has 2 N–H and O–H groups in total. The Hall–Kier alpha value is -2.34. The van der Waals surface area contributed by atoms with Crippen LogP contribution in [-0.4, -0.2) is 22.0 Å². The van der Waals surface area contributed by atoms with Gasteiger partial charge in [0.05, 0.1) is 6.54 Å². The van der Waals surface area contributed by atoms with E-state index in [0.29, 0.717) is 22.8 Å². The summed E-state index contributed by atoms with van der Waals surface area (Å²) in [5, 5.41) is 11.8. The van der Waals surface area contributed by atoms with Gasteiger partial charge in [0, 0.05) is 11.3 Å². The molecular weight excluding hydrogens is 296 g/mol. The van der Waals surface area contributed by atoms with Crippen LogP contribution < -0.4 is 5.32 Å². The number of carboxylic acids is 1. The van der Waals surface area contributed by atoms with E-state index < -0.39 is 5.97 Å². The molecule has 0 spiro atoms. The molecule has 2 heterocycles. The summed E-state index contributed by atoms with van der Waals surface area (Å²) in [4.78, 5) is 26.9. The first-order valence-corrected chi connectivity index (χ1v) is 6.49. The number of furan rings is 1. The molecule has 0 fully saturated rings. The van der Waals surface area contributed by atoms with Crippen molar-refractivity contribution in [2.75, 3.05) is 0 Å². The number of aromatic nitrogens is 1. The van der Waals surface area contributed by atoms with Gasteiger partial charge < -0.3 is 14.8 Å². The van der Waals surface area contributed by atoms with Crippen molar-refractivity contribution in [3.8, 4) is 0 Å². The molecule has 0 bridgehead atoms. The average molecular weight is 309 g/mol. The summed E-state index contributed by atoms with van der Waals surface area (Å²) >= 11 is 5.80. The van der Waals surface area contributed by atoms with Crippen molar-refractivity contribution < 1.29 is 19.1 Å². The lowest BCUT2D eigenvalue weighted by molar-refractivity contribution is 0.0694. The number of nitrogens with zero attached hydrogens (tertiary/aromatic N) is 1. The highest BCUT2D eigenvalue weighted by Gasteiger charge is 2.14. The molecule has 0 aliphatic carbocycles. The van der Waals surface area contributed by atoms with Crippen molar-refractivity contribution in [3.05, 3.63) is 51.7 Å². The Morgan fingerprint density at radius 2 is 2.05 bits per heavy atom. The predicted molar refractivity (Wildman–Crippen MR) is 75.6 cm³/mol. The van der Waals surface area contributed by atoms with E-state index in [4.69, 9.17) is 21.1 Å². The number of aryl methyl sites for hydroxylation is 2. The molecule has 6 nitrogen and oxygen atoms in total. The van der Waals surface area contributed by atoms with Crippen LogP contribution in [0.3, 0.4) is 0 Å². The molecule has 0 aliphatic rings. The van der Waals surface area contributed by atoms with E-state index in [0.717, 1.165) is 0 Å². The molecule has 110 valence electrons.